The molecule has 0 aliphatic carbocycles. The predicted octanol–water partition coefficient (Wildman–Crippen LogP) is 3.54. The van der Waals surface area contributed by atoms with Crippen LogP contribution in [0.3, 0.4) is 0 Å². The molecule has 2 aromatic carbocycles. The molecule has 10 nitrogen and oxygen atoms in total. The molecule has 1 atom stereocenters. The van der Waals surface area contributed by atoms with E-state index in [0.717, 1.165) is 10.6 Å². The fourth-order valence-corrected chi connectivity index (χ4v) is 4.67. The average molecular weight is 572 g/mol. The van der Waals surface area contributed by atoms with Crippen LogP contribution in [0.1, 0.15) is 16.8 Å². The quantitative estimate of drug-likeness (QED) is 0.164. The summed E-state index contributed by atoms with van der Waals surface area (Å²) in [5.74, 6) is -1.89. The number of aliphatic hydroxyl groups excluding tert-OH is 1. The highest BCUT2D eigenvalue weighted by atomic mass is 32.2. The number of aromatic nitrogens is 2. The van der Waals surface area contributed by atoms with Crippen molar-refractivity contribution in [1.82, 2.24) is 9.55 Å². The van der Waals surface area contributed by atoms with Gasteiger partial charge in [-0.2, -0.15) is 21.6 Å². The maximum atomic E-state index is 14.4. The molecule has 0 saturated heterocycles. The van der Waals surface area contributed by atoms with Crippen LogP contribution in [0.2, 0.25) is 0 Å². The van der Waals surface area contributed by atoms with E-state index in [2.05, 4.69) is 9.17 Å². The van der Waals surface area contributed by atoms with E-state index in [-0.39, 0.29) is 57.3 Å². The van der Waals surface area contributed by atoms with Crippen LogP contribution in [0, 0.1) is 5.82 Å². The van der Waals surface area contributed by atoms with Crippen LogP contribution < -0.4 is 14.7 Å². The summed E-state index contributed by atoms with van der Waals surface area (Å²) in [7, 11) is -4.98. The van der Waals surface area contributed by atoms with E-state index in [0.29, 0.717) is 0 Å². The molecule has 15 heteroatoms. The minimum atomic E-state index is -6.23. The first-order chi connectivity index (χ1) is 18.3. The van der Waals surface area contributed by atoms with Crippen molar-refractivity contribution in [2.24, 2.45) is 5.73 Å². The maximum absolute atomic E-state index is 14.4. The van der Waals surface area contributed by atoms with E-state index in [1.54, 1.807) is 0 Å². The number of alkyl halides is 3. The molecule has 4 N–H and O–H groups in total. The largest absolute Gasteiger partial charge is 0.534 e. The van der Waals surface area contributed by atoms with Crippen molar-refractivity contribution < 1.29 is 49.9 Å². The highest BCUT2D eigenvalue weighted by Gasteiger charge is 2.49. The van der Waals surface area contributed by atoms with Gasteiger partial charge in [-0.05, 0) is 23.8 Å². The third-order valence-electron chi connectivity index (χ3n) is 5.91. The Morgan fingerprint density at radius 1 is 1.21 bits per heavy atom. The normalized spacial score (nSPS) is 13.1. The first-order valence-corrected chi connectivity index (χ1v) is 12.6. The summed E-state index contributed by atoms with van der Waals surface area (Å²) in [5, 5.41) is 20.5. The van der Waals surface area contributed by atoms with Gasteiger partial charge in [0, 0.05) is 35.7 Å². The van der Waals surface area contributed by atoms with Crippen molar-refractivity contribution in [2.75, 3.05) is 13.7 Å². The first-order valence-electron chi connectivity index (χ1n) is 11.2. The van der Waals surface area contributed by atoms with Crippen molar-refractivity contribution in [1.29, 1.82) is 0 Å². The number of ether oxygens (including phenoxy) is 1. The fraction of sp³-hybridized carbons (Fsp3) is 0.250. The topological polar surface area (TPSA) is 154 Å². The second-order valence-corrected chi connectivity index (χ2v) is 9.96. The van der Waals surface area contributed by atoms with Gasteiger partial charge in [0.1, 0.15) is 0 Å². The number of methoxy groups -OCH3 is 1. The number of nitrogens with two attached hydrogens (primary N) is 1. The Morgan fingerprint density at radius 2 is 1.90 bits per heavy atom. The van der Waals surface area contributed by atoms with Gasteiger partial charge >= 0.3 is 21.7 Å². The number of carboxylic acid groups (broad SMARTS) is 1. The van der Waals surface area contributed by atoms with E-state index >= 15 is 0 Å². The second-order valence-electron chi connectivity index (χ2n) is 8.42. The predicted molar refractivity (Wildman–Crippen MR) is 131 cm³/mol. The Hall–Kier alpha value is -3.95. The molecule has 0 saturated carbocycles. The third-order valence-corrected chi connectivity index (χ3v) is 6.85. The lowest BCUT2D eigenvalue weighted by atomic mass is 9.99. The molecule has 1 unspecified atom stereocenters. The van der Waals surface area contributed by atoms with Gasteiger partial charge in [-0.25, -0.2) is 18.7 Å². The second kappa shape index (κ2) is 10.3. The summed E-state index contributed by atoms with van der Waals surface area (Å²) in [6.07, 6.45) is -3.72. The molecule has 0 amide bonds. The summed E-state index contributed by atoms with van der Waals surface area (Å²) in [6, 6.07) is 9.70. The van der Waals surface area contributed by atoms with E-state index < -0.39 is 45.9 Å². The van der Waals surface area contributed by atoms with E-state index in [1.165, 1.54) is 43.5 Å². The summed E-state index contributed by atoms with van der Waals surface area (Å²) >= 11 is 0. The van der Waals surface area contributed by atoms with Crippen molar-refractivity contribution in [2.45, 2.75) is 24.5 Å². The number of halogens is 4. The van der Waals surface area contributed by atoms with Crippen LogP contribution in [-0.4, -0.2) is 59.5 Å². The van der Waals surface area contributed by atoms with Crippen LogP contribution in [0.4, 0.5) is 22.4 Å². The van der Waals surface area contributed by atoms with Gasteiger partial charge in [0.25, 0.3) is 0 Å². The number of benzene rings is 2. The third kappa shape index (κ3) is 5.20. The molecule has 208 valence electrons. The van der Waals surface area contributed by atoms with E-state index in [9.17, 15) is 41.0 Å². The molecule has 2 heterocycles. The zero-order chi connectivity index (χ0) is 28.7. The average Bonchev–Trinajstić information content (AvgIpc) is 3.21. The number of hydrogen-bond acceptors (Lipinski definition) is 8. The number of hydrogen-bond donors (Lipinski definition) is 3. The van der Waals surface area contributed by atoms with E-state index in [4.69, 9.17) is 10.5 Å². The fourth-order valence-electron chi connectivity index (χ4n) is 4.23. The van der Waals surface area contributed by atoms with Crippen LogP contribution in [0.5, 0.6) is 11.6 Å². The van der Waals surface area contributed by atoms with Gasteiger partial charge in [0.05, 0.1) is 29.9 Å². The van der Waals surface area contributed by atoms with Gasteiger partial charge < -0.3 is 24.9 Å². The summed E-state index contributed by atoms with van der Waals surface area (Å²) in [6.45, 7) is -0.364. The maximum Gasteiger partial charge on any atom is 0.534 e. The molecule has 4 rings (SSSR count). The van der Waals surface area contributed by atoms with Crippen molar-refractivity contribution in [3.8, 4) is 11.6 Å². The lowest BCUT2D eigenvalue weighted by molar-refractivity contribution is -0.0501. The molecule has 0 aliphatic heterocycles. The molecular weight excluding hydrogens is 550 g/mol. The van der Waals surface area contributed by atoms with Crippen LogP contribution in [0.15, 0.2) is 42.5 Å². The Bertz CT molecular complexity index is 1690. The molecule has 4 aromatic rings. The van der Waals surface area contributed by atoms with Crippen LogP contribution in [-0.2, 0) is 23.0 Å². The zero-order valence-corrected chi connectivity index (χ0v) is 20.9. The van der Waals surface area contributed by atoms with Gasteiger partial charge in [-0.15, -0.1) is 0 Å². The number of rotatable bonds is 8. The zero-order valence-electron chi connectivity index (χ0n) is 20.1. The number of carbonyl (C=O) groups is 1. The highest BCUT2D eigenvalue weighted by Crippen LogP contribution is 2.40. The van der Waals surface area contributed by atoms with Gasteiger partial charge in [0.2, 0.25) is 5.88 Å². The Kier molecular flexibility index (Phi) is 7.42. The summed E-state index contributed by atoms with van der Waals surface area (Å²) < 4.78 is 88.4. The minimum Gasteiger partial charge on any atom is -0.494 e. The molecule has 0 aliphatic rings. The number of aliphatic hydroxyl groups is 1. The lowest BCUT2D eigenvalue weighted by Gasteiger charge is -2.17. The van der Waals surface area contributed by atoms with Crippen molar-refractivity contribution in [3.63, 3.8) is 0 Å². The molecule has 0 bridgehead atoms. The molecule has 0 fully saturated rings. The minimum absolute atomic E-state index is 0.0214. The molecule has 39 heavy (non-hydrogen) atoms. The summed E-state index contributed by atoms with van der Waals surface area (Å²) in [4.78, 5) is 16.4. The van der Waals surface area contributed by atoms with Gasteiger partial charge in [0.15, 0.2) is 11.6 Å². The number of fused-ring (bicyclic) bond motifs is 3. The first kappa shape index (κ1) is 28.1. The monoisotopic (exact) mass is 571 g/mol. The summed E-state index contributed by atoms with van der Waals surface area (Å²) in [5.41, 5.74) is -0.667. The van der Waals surface area contributed by atoms with Crippen molar-refractivity contribution >= 4 is 38.0 Å². The Morgan fingerprint density at radius 3 is 2.49 bits per heavy atom. The molecule has 0 spiro atoms. The number of nitrogens with zero attached hydrogens (tertiary/aromatic N) is 2. The highest BCUT2D eigenvalue weighted by molar-refractivity contribution is 7.88. The van der Waals surface area contributed by atoms with Crippen LogP contribution in [0.25, 0.3) is 21.8 Å². The molecular formula is C24H21F4N3O7S. The standard InChI is InChI=1S/C24H21F4N3O7S/c1-37-19-7-6-12(8-16(19)25)9-17-21-20(14-4-2-3-5-18(14)31(21)23(33)34)15(10-13(32)11-29)22(30-17)38-39(35,36)24(26,27)28/h2-8,13,32H,9-11,29H2,1H3,(H,33,34). The van der Waals surface area contributed by atoms with E-state index in [1.807, 2.05) is 0 Å². The van der Waals surface area contributed by atoms with Gasteiger partial charge in [-0.3, -0.25) is 0 Å². The molecule has 2 aromatic heterocycles. The lowest BCUT2D eigenvalue weighted by Crippen LogP contribution is -2.29. The molecule has 0 radical (unpaired) electrons. The Balaban J connectivity index is 2.12. The Labute approximate surface area is 218 Å². The number of para-hydroxylation sites is 1. The van der Waals surface area contributed by atoms with Crippen molar-refractivity contribution in [3.05, 3.63) is 65.1 Å². The van der Waals surface area contributed by atoms with Crippen LogP contribution >= 0.6 is 0 Å². The SMILES string of the molecule is COc1ccc(Cc2nc(OS(=O)(=O)C(F)(F)F)c(CC(O)CN)c3c4ccccc4n(C(=O)O)c23)cc1F. The smallest absolute Gasteiger partial charge is 0.494 e. The van der Waals surface area contributed by atoms with Gasteiger partial charge in [-0.1, -0.05) is 24.3 Å². The number of pyridine rings is 1.